The van der Waals surface area contributed by atoms with Crippen LogP contribution >= 0.6 is 11.6 Å². The fraction of sp³-hybridized carbons (Fsp3) is 0.300. The number of aromatic nitrogens is 4. The lowest BCUT2D eigenvalue weighted by Gasteiger charge is -2.19. The second kappa shape index (κ2) is 10.6. The number of amides is 1. The lowest BCUT2D eigenvalue weighted by molar-refractivity contribution is 0.0262. The molecule has 1 N–H and O–H groups in total. The largest absolute Gasteiger partial charge is 0.483 e. The summed E-state index contributed by atoms with van der Waals surface area (Å²) >= 11 is 6.11. The van der Waals surface area contributed by atoms with Gasteiger partial charge in [0.2, 0.25) is 0 Å². The molecule has 1 aliphatic carbocycles. The fourth-order valence-electron chi connectivity index (χ4n) is 4.79. The number of ether oxygens (including phenoxy) is 1. The van der Waals surface area contributed by atoms with Gasteiger partial charge in [-0.1, -0.05) is 11.6 Å². The van der Waals surface area contributed by atoms with Crippen LogP contribution in [0, 0.1) is 19.8 Å². The van der Waals surface area contributed by atoms with Crippen molar-refractivity contribution in [3.8, 4) is 17.1 Å². The van der Waals surface area contributed by atoms with Crippen LogP contribution in [0.5, 0.6) is 5.75 Å². The zero-order chi connectivity index (χ0) is 28.8. The third kappa shape index (κ3) is 5.40. The predicted octanol–water partition coefficient (Wildman–Crippen LogP) is 5.62. The molecule has 1 amide bonds. The van der Waals surface area contributed by atoms with Gasteiger partial charge in [0.15, 0.2) is 22.5 Å². The van der Waals surface area contributed by atoms with E-state index in [2.05, 4.69) is 20.5 Å². The highest BCUT2D eigenvalue weighted by atomic mass is 35.5. The van der Waals surface area contributed by atoms with Crippen molar-refractivity contribution >= 4 is 39.5 Å². The molecule has 11 heteroatoms. The first-order chi connectivity index (χ1) is 19.7. The molecule has 4 aromatic heterocycles. The molecule has 0 bridgehead atoms. The van der Waals surface area contributed by atoms with Crippen LogP contribution in [0.4, 0.5) is 0 Å². The summed E-state index contributed by atoms with van der Waals surface area (Å²) in [5, 5.41) is 5.73. The van der Waals surface area contributed by atoms with Crippen molar-refractivity contribution in [2.24, 2.45) is 13.0 Å². The van der Waals surface area contributed by atoms with Gasteiger partial charge in [-0.3, -0.25) is 19.1 Å². The number of pyridine rings is 2. The minimum atomic E-state index is -0.628. The minimum Gasteiger partial charge on any atom is -0.483 e. The average molecular weight is 574 g/mol. The van der Waals surface area contributed by atoms with E-state index in [1.807, 2.05) is 39.2 Å². The summed E-state index contributed by atoms with van der Waals surface area (Å²) < 4.78 is 14.4. The number of hydroxylamine groups is 1. The van der Waals surface area contributed by atoms with Crippen molar-refractivity contribution in [1.29, 1.82) is 0 Å². The van der Waals surface area contributed by atoms with Crippen LogP contribution < -0.4 is 15.6 Å². The van der Waals surface area contributed by atoms with E-state index in [0.717, 1.165) is 23.8 Å². The Bertz CT molecular complexity index is 1880. The van der Waals surface area contributed by atoms with Crippen LogP contribution in [0.25, 0.3) is 33.3 Å². The number of hydrogen-bond acceptors (Lipinski definition) is 8. The first kappa shape index (κ1) is 26.9. The summed E-state index contributed by atoms with van der Waals surface area (Å²) in [6.45, 7) is 5.90. The molecule has 10 nitrogen and oxygen atoms in total. The van der Waals surface area contributed by atoms with E-state index in [1.165, 1.54) is 0 Å². The monoisotopic (exact) mass is 573 g/mol. The van der Waals surface area contributed by atoms with Crippen LogP contribution in [-0.2, 0) is 11.9 Å². The summed E-state index contributed by atoms with van der Waals surface area (Å²) in [5.74, 6) is 0.537. The molecule has 4 heterocycles. The number of nitrogens with one attached hydrogen (secondary N) is 1. The van der Waals surface area contributed by atoms with E-state index < -0.39 is 12.0 Å². The number of rotatable bonds is 8. The van der Waals surface area contributed by atoms with Crippen molar-refractivity contribution in [2.45, 2.75) is 39.7 Å². The van der Waals surface area contributed by atoms with E-state index in [9.17, 15) is 9.59 Å². The number of nitrogens with zero attached hydrogens (tertiary/aromatic N) is 4. The van der Waals surface area contributed by atoms with Crippen molar-refractivity contribution in [1.82, 2.24) is 25.2 Å². The molecule has 0 unspecified atom stereocenters. The molecule has 1 atom stereocenters. The molecule has 0 radical (unpaired) electrons. The highest BCUT2D eigenvalue weighted by Crippen LogP contribution is 2.34. The molecule has 1 aliphatic rings. The molecular weight excluding hydrogens is 546 g/mol. The molecule has 0 spiro atoms. The van der Waals surface area contributed by atoms with E-state index in [0.29, 0.717) is 51.6 Å². The topological polar surface area (TPSA) is 121 Å². The third-order valence-corrected chi connectivity index (χ3v) is 7.30. The third-order valence-electron chi connectivity index (χ3n) is 7.09. The van der Waals surface area contributed by atoms with Crippen molar-refractivity contribution < 1.29 is 18.8 Å². The second-order valence-corrected chi connectivity index (χ2v) is 10.9. The number of benzene rings is 1. The maximum atomic E-state index is 13.6. The Kier molecular flexibility index (Phi) is 6.96. The highest BCUT2D eigenvalue weighted by molar-refractivity contribution is 6.29. The zero-order valence-corrected chi connectivity index (χ0v) is 23.8. The summed E-state index contributed by atoms with van der Waals surface area (Å²) in [6, 6.07) is 8.73. The standard InChI is InChI=1S/C30H28ClN5O5/c1-15-9-21(17(3)40-23-7-8-24(31)33-25(23)30(38)35-39-14-18-5-6-18)28-22(10-15)26(37)16(2)27(41-28)19-11-20-13-36(4)34-29(20)32-12-19/h7-13,17-18H,5-6,14H2,1-4H3,(H,35,38)/t17-/m1/s1. The molecule has 0 aliphatic heterocycles. The summed E-state index contributed by atoms with van der Waals surface area (Å²) in [4.78, 5) is 40.4. The molecule has 1 aromatic carbocycles. The van der Waals surface area contributed by atoms with Gasteiger partial charge in [0.05, 0.1) is 12.0 Å². The van der Waals surface area contributed by atoms with Gasteiger partial charge in [-0.25, -0.2) is 15.4 Å². The molecule has 1 fully saturated rings. The Balaban J connectivity index is 1.38. The van der Waals surface area contributed by atoms with Gasteiger partial charge in [0.25, 0.3) is 5.91 Å². The smallest absolute Gasteiger partial charge is 0.297 e. The number of carbonyl (C=O) groups is 1. The van der Waals surface area contributed by atoms with Crippen molar-refractivity contribution in [3.05, 3.63) is 80.5 Å². The normalized spacial score (nSPS) is 14.0. The number of hydrogen-bond donors (Lipinski definition) is 1. The quantitative estimate of drug-likeness (QED) is 0.187. The zero-order valence-electron chi connectivity index (χ0n) is 23.0. The average Bonchev–Trinajstić information content (AvgIpc) is 3.69. The maximum Gasteiger partial charge on any atom is 0.297 e. The molecule has 1 saturated carbocycles. The number of carbonyl (C=O) groups excluding carboxylic acids is 1. The first-order valence-corrected chi connectivity index (χ1v) is 13.7. The van der Waals surface area contributed by atoms with Crippen LogP contribution in [-0.4, -0.2) is 32.3 Å². The van der Waals surface area contributed by atoms with E-state index in [-0.39, 0.29) is 22.0 Å². The Morgan fingerprint density at radius 2 is 2.05 bits per heavy atom. The number of halogens is 1. The van der Waals surface area contributed by atoms with Crippen LogP contribution in [0.3, 0.4) is 0 Å². The SMILES string of the molecule is Cc1cc([C@@H](C)Oc2ccc(Cl)nc2C(=O)NOCC2CC2)c2oc(-c3cnc4nn(C)cc4c3)c(C)c(=O)c2c1. The molecule has 5 aromatic rings. The van der Waals surface area contributed by atoms with Gasteiger partial charge in [-0.05, 0) is 75.4 Å². The van der Waals surface area contributed by atoms with Gasteiger partial charge in [-0.2, -0.15) is 5.10 Å². The molecular formula is C30H28ClN5O5. The second-order valence-electron chi connectivity index (χ2n) is 10.5. The van der Waals surface area contributed by atoms with Gasteiger partial charge in [0, 0.05) is 41.5 Å². The van der Waals surface area contributed by atoms with Gasteiger partial charge < -0.3 is 9.15 Å². The van der Waals surface area contributed by atoms with E-state index >= 15 is 0 Å². The number of aryl methyl sites for hydroxylation is 2. The molecule has 0 saturated heterocycles. The summed E-state index contributed by atoms with van der Waals surface area (Å²) in [7, 11) is 1.82. The lowest BCUT2D eigenvalue weighted by Crippen LogP contribution is -2.26. The lowest BCUT2D eigenvalue weighted by atomic mass is 10.00. The molecule has 6 rings (SSSR count). The predicted molar refractivity (Wildman–Crippen MR) is 154 cm³/mol. The maximum absolute atomic E-state index is 13.6. The van der Waals surface area contributed by atoms with E-state index in [4.69, 9.17) is 25.6 Å². The Morgan fingerprint density at radius 3 is 2.83 bits per heavy atom. The first-order valence-electron chi connectivity index (χ1n) is 13.3. The minimum absolute atomic E-state index is 0.00839. The van der Waals surface area contributed by atoms with Crippen LogP contribution in [0.15, 0.2) is 51.9 Å². The van der Waals surface area contributed by atoms with Crippen LogP contribution in [0.2, 0.25) is 5.15 Å². The Morgan fingerprint density at radius 1 is 1.24 bits per heavy atom. The highest BCUT2D eigenvalue weighted by Gasteiger charge is 2.25. The summed E-state index contributed by atoms with van der Waals surface area (Å²) in [6.07, 6.45) is 5.06. The van der Waals surface area contributed by atoms with E-state index in [1.54, 1.807) is 36.0 Å². The van der Waals surface area contributed by atoms with Gasteiger partial charge >= 0.3 is 0 Å². The Labute approximate surface area is 240 Å². The summed E-state index contributed by atoms with van der Waals surface area (Å²) in [5.41, 5.74) is 5.90. The molecule has 210 valence electrons. The molecule has 41 heavy (non-hydrogen) atoms. The fourth-order valence-corrected chi connectivity index (χ4v) is 4.94. The van der Waals surface area contributed by atoms with Gasteiger partial charge in [-0.15, -0.1) is 0 Å². The number of fused-ring (bicyclic) bond motifs is 2. The van der Waals surface area contributed by atoms with Gasteiger partial charge in [0.1, 0.15) is 22.6 Å². The van der Waals surface area contributed by atoms with Crippen LogP contribution in [0.1, 0.15) is 53.0 Å². The van der Waals surface area contributed by atoms with Crippen molar-refractivity contribution in [3.63, 3.8) is 0 Å². The Hall–Kier alpha value is -4.28. The van der Waals surface area contributed by atoms with Crippen molar-refractivity contribution in [2.75, 3.05) is 6.61 Å².